The van der Waals surface area contributed by atoms with Gasteiger partial charge < -0.3 is 4.74 Å². The van der Waals surface area contributed by atoms with Gasteiger partial charge >= 0.3 is 0 Å². The van der Waals surface area contributed by atoms with Crippen LogP contribution in [0.3, 0.4) is 0 Å². The number of ether oxygens (including phenoxy) is 1. The first-order valence-electron chi connectivity index (χ1n) is 11.5. The highest BCUT2D eigenvalue weighted by Gasteiger charge is 2.28. The molecular weight excluding hydrogens is 344 g/mol. The summed E-state index contributed by atoms with van der Waals surface area (Å²) in [6.07, 6.45) is 22.6. The number of hydrogen-bond acceptors (Lipinski definition) is 3. The average molecular weight is 389 g/mol. The van der Waals surface area contributed by atoms with Crippen molar-refractivity contribution in [3.8, 4) is 0 Å². The van der Waals surface area contributed by atoms with Crippen molar-refractivity contribution in [1.29, 1.82) is 0 Å². The number of hydrogen-bond donors (Lipinski definition) is 0. The van der Waals surface area contributed by atoms with Crippen LogP contribution in [0, 0.1) is 0 Å². The second kappa shape index (κ2) is 15.9. The minimum atomic E-state index is -2.79. The smallest absolute Gasteiger partial charge is 0.152 e. The van der Waals surface area contributed by atoms with Crippen molar-refractivity contribution in [1.82, 2.24) is 0 Å². The third-order valence-electron chi connectivity index (χ3n) is 5.54. The van der Waals surface area contributed by atoms with Gasteiger partial charge in [-0.05, 0) is 12.8 Å². The molecule has 0 radical (unpaired) electrons. The third kappa shape index (κ3) is 14.0. The molecule has 0 N–H and O–H groups in total. The molecule has 26 heavy (non-hydrogen) atoms. The summed E-state index contributed by atoms with van der Waals surface area (Å²) >= 11 is 0. The van der Waals surface area contributed by atoms with Crippen molar-refractivity contribution >= 4 is 9.84 Å². The van der Waals surface area contributed by atoms with Crippen molar-refractivity contribution < 1.29 is 13.2 Å². The summed E-state index contributed by atoms with van der Waals surface area (Å²) in [7, 11) is -2.79. The Kier molecular flexibility index (Phi) is 14.7. The van der Waals surface area contributed by atoms with E-state index in [1.165, 1.54) is 96.3 Å². The van der Waals surface area contributed by atoms with E-state index in [0.717, 1.165) is 13.0 Å². The van der Waals surface area contributed by atoms with Crippen LogP contribution in [-0.2, 0) is 14.6 Å². The lowest BCUT2D eigenvalue weighted by Crippen LogP contribution is -2.15. The van der Waals surface area contributed by atoms with Crippen LogP contribution in [0.1, 0.15) is 116 Å². The zero-order chi connectivity index (χ0) is 18.9. The molecule has 0 aromatic rings. The predicted molar refractivity (Wildman–Crippen MR) is 113 cm³/mol. The summed E-state index contributed by atoms with van der Waals surface area (Å²) in [6, 6.07) is 0. The van der Waals surface area contributed by atoms with Crippen LogP contribution >= 0.6 is 0 Å². The Morgan fingerprint density at radius 2 is 1.12 bits per heavy atom. The Hall–Kier alpha value is -0.0900. The maximum Gasteiger partial charge on any atom is 0.152 e. The molecule has 156 valence electrons. The minimum Gasteiger partial charge on any atom is -0.377 e. The highest BCUT2D eigenvalue weighted by molar-refractivity contribution is 7.91. The third-order valence-corrected chi connectivity index (χ3v) is 7.28. The lowest BCUT2D eigenvalue weighted by Gasteiger charge is -2.09. The van der Waals surface area contributed by atoms with Gasteiger partial charge in [-0.2, -0.15) is 0 Å². The first kappa shape index (κ1) is 23.9. The molecule has 1 rings (SSSR count). The molecule has 0 unspecified atom stereocenters. The molecule has 1 heterocycles. The minimum absolute atomic E-state index is 0.0312. The van der Waals surface area contributed by atoms with E-state index in [-0.39, 0.29) is 11.9 Å². The first-order chi connectivity index (χ1) is 12.6. The molecule has 1 saturated heterocycles. The Morgan fingerprint density at radius 3 is 1.50 bits per heavy atom. The molecule has 0 saturated carbocycles. The van der Waals surface area contributed by atoms with Crippen molar-refractivity contribution in [2.24, 2.45) is 0 Å². The number of unbranched alkanes of at least 4 members (excludes halogenated alkanes) is 15. The van der Waals surface area contributed by atoms with Crippen molar-refractivity contribution in [2.75, 3.05) is 18.1 Å². The predicted octanol–water partition coefficient (Wildman–Crippen LogP) is 6.45. The van der Waals surface area contributed by atoms with Gasteiger partial charge in [0, 0.05) is 6.61 Å². The molecule has 1 atom stereocenters. The molecule has 3 nitrogen and oxygen atoms in total. The molecule has 0 amide bonds. The highest BCUT2D eigenvalue weighted by Crippen LogP contribution is 2.16. The first-order valence-corrected chi connectivity index (χ1v) is 13.3. The number of sulfone groups is 1. The molecule has 0 aromatic heterocycles. The molecular formula is C22H44O3S. The van der Waals surface area contributed by atoms with E-state index in [2.05, 4.69) is 6.92 Å². The largest absolute Gasteiger partial charge is 0.377 e. The Morgan fingerprint density at radius 1 is 0.692 bits per heavy atom. The van der Waals surface area contributed by atoms with E-state index < -0.39 is 9.84 Å². The molecule has 0 aliphatic carbocycles. The SMILES string of the molecule is CCCCCCCCCCCCCCCCCCO[C@@H]1CCS(=O)(=O)C1. The summed E-state index contributed by atoms with van der Waals surface area (Å²) in [5, 5.41) is 0. The van der Waals surface area contributed by atoms with Gasteiger partial charge in [0.25, 0.3) is 0 Å². The molecule has 4 heteroatoms. The maximum absolute atomic E-state index is 11.3. The molecule has 0 bridgehead atoms. The van der Waals surface area contributed by atoms with E-state index in [4.69, 9.17) is 4.74 Å². The van der Waals surface area contributed by atoms with E-state index >= 15 is 0 Å². The van der Waals surface area contributed by atoms with Gasteiger partial charge in [-0.1, -0.05) is 103 Å². The molecule has 0 spiro atoms. The fraction of sp³-hybridized carbons (Fsp3) is 1.00. The Labute approximate surface area is 163 Å². The van der Waals surface area contributed by atoms with Crippen LogP contribution in [0.5, 0.6) is 0 Å². The molecule has 1 aliphatic rings. The van der Waals surface area contributed by atoms with E-state index in [1.54, 1.807) is 0 Å². The Bertz CT molecular complexity index is 406. The van der Waals surface area contributed by atoms with E-state index in [9.17, 15) is 8.42 Å². The Balaban J connectivity index is 1.70. The van der Waals surface area contributed by atoms with Crippen molar-refractivity contribution in [3.63, 3.8) is 0 Å². The topological polar surface area (TPSA) is 43.4 Å². The van der Waals surface area contributed by atoms with Gasteiger partial charge in [0.2, 0.25) is 0 Å². The van der Waals surface area contributed by atoms with Crippen LogP contribution in [0.15, 0.2) is 0 Å². The van der Waals surface area contributed by atoms with Gasteiger partial charge in [0.15, 0.2) is 9.84 Å². The summed E-state index contributed by atoms with van der Waals surface area (Å²) in [6.45, 7) is 3.01. The van der Waals surface area contributed by atoms with Gasteiger partial charge in [-0.3, -0.25) is 0 Å². The summed E-state index contributed by atoms with van der Waals surface area (Å²) < 4.78 is 28.4. The van der Waals surface area contributed by atoms with E-state index in [0.29, 0.717) is 12.2 Å². The van der Waals surface area contributed by atoms with Crippen LogP contribution < -0.4 is 0 Å². The van der Waals surface area contributed by atoms with Gasteiger partial charge in [0.05, 0.1) is 17.6 Å². The summed E-state index contributed by atoms with van der Waals surface area (Å²) in [4.78, 5) is 0. The van der Waals surface area contributed by atoms with Gasteiger partial charge in [-0.25, -0.2) is 8.42 Å². The lowest BCUT2D eigenvalue weighted by atomic mass is 10.0. The van der Waals surface area contributed by atoms with Crippen molar-refractivity contribution in [3.05, 3.63) is 0 Å². The summed E-state index contributed by atoms with van der Waals surface area (Å²) in [5.41, 5.74) is 0. The van der Waals surface area contributed by atoms with Crippen LogP contribution in [0.4, 0.5) is 0 Å². The van der Waals surface area contributed by atoms with E-state index in [1.807, 2.05) is 0 Å². The monoisotopic (exact) mass is 388 g/mol. The average Bonchev–Trinajstić information content (AvgIpc) is 2.96. The van der Waals surface area contributed by atoms with Crippen molar-refractivity contribution in [2.45, 2.75) is 122 Å². The highest BCUT2D eigenvalue weighted by atomic mass is 32.2. The second-order valence-electron chi connectivity index (χ2n) is 8.20. The van der Waals surface area contributed by atoms with Gasteiger partial charge in [-0.15, -0.1) is 0 Å². The molecule has 0 aromatic carbocycles. The normalized spacial score (nSPS) is 19.2. The quantitative estimate of drug-likeness (QED) is 0.253. The number of rotatable bonds is 18. The zero-order valence-corrected chi connectivity index (χ0v) is 18.2. The van der Waals surface area contributed by atoms with Crippen LogP contribution in [-0.4, -0.2) is 32.6 Å². The summed E-state index contributed by atoms with van der Waals surface area (Å²) in [5.74, 6) is 0.558. The van der Waals surface area contributed by atoms with Crippen LogP contribution in [0.25, 0.3) is 0 Å². The second-order valence-corrected chi connectivity index (χ2v) is 10.4. The van der Waals surface area contributed by atoms with Gasteiger partial charge in [0.1, 0.15) is 0 Å². The molecule has 1 aliphatic heterocycles. The fourth-order valence-corrected chi connectivity index (χ4v) is 5.41. The standard InChI is InChI=1S/C22H44O3S/c1-2-3-4-5-6-7-8-9-10-11-12-13-14-15-16-17-19-25-22-18-20-26(23,24)21-22/h22H,2-21H2,1H3/t22-/m1/s1. The fourth-order valence-electron chi connectivity index (χ4n) is 3.79. The lowest BCUT2D eigenvalue weighted by molar-refractivity contribution is 0.0680. The maximum atomic E-state index is 11.3. The van der Waals surface area contributed by atoms with Crippen LogP contribution in [0.2, 0.25) is 0 Å². The molecule has 1 fully saturated rings. The zero-order valence-electron chi connectivity index (χ0n) is 17.4.